The third kappa shape index (κ3) is 5.63. The number of aliphatic imine (C=N–C) groups is 1. The van der Waals surface area contributed by atoms with Crippen LogP contribution >= 0.6 is 0 Å². The van der Waals surface area contributed by atoms with E-state index in [1.165, 1.54) is 0 Å². The van der Waals surface area contributed by atoms with E-state index in [1.54, 1.807) is 6.07 Å². The Balaban J connectivity index is 1.96. The molecule has 0 N–H and O–H groups in total. The van der Waals surface area contributed by atoms with Gasteiger partial charge in [0, 0.05) is 30.9 Å². The highest BCUT2D eigenvalue weighted by Crippen LogP contribution is 2.41. The van der Waals surface area contributed by atoms with Crippen molar-refractivity contribution in [1.82, 2.24) is 9.80 Å². The van der Waals surface area contributed by atoms with Crippen LogP contribution in [0.3, 0.4) is 0 Å². The lowest BCUT2D eigenvalue weighted by molar-refractivity contribution is -0.125. The van der Waals surface area contributed by atoms with E-state index in [4.69, 9.17) is 4.99 Å². The number of rotatable bonds is 9. The van der Waals surface area contributed by atoms with Crippen molar-refractivity contribution in [2.24, 2.45) is 4.99 Å². The van der Waals surface area contributed by atoms with Crippen LogP contribution in [-0.2, 0) is 4.79 Å². The van der Waals surface area contributed by atoms with Gasteiger partial charge in [0.2, 0.25) is 0 Å². The van der Waals surface area contributed by atoms with Gasteiger partial charge in [-0.05, 0) is 81.7 Å². The van der Waals surface area contributed by atoms with Gasteiger partial charge in [0.1, 0.15) is 17.3 Å². The molecule has 0 saturated heterocycles. The van der Waals surface area contributed by atoms with Crippen molar-refractivity contribution in [2.75, 3.05) is 13.6 Å². The molecule has 5 heteroatoms. The summed E-state index contributed by atoms with van der Waals surface area (Å²) in [5, 5.41) is 0. The van der Waals surface area contributed by atoms with Gasteiger partial charge in [-0.1, -0.05) is 38.5 Å². The predicted octanol–water partition coefficient (Wildman–Crippen LogP) is 6.67. The van der Waals surface area contributed by atoms with E-state index in [-0.39, 0.29) is 17.8 Å². The largest absolute Gasteiger partial charge is 0.335 e. The first-order chi connectivity index (χ1) is 15.8. The SMILES string of the molecule is C/C=C(\C=C1\N=C(C(=O)N(CC)C(C)CCC)C=C(CC)N1C)c1ccc(C2CC2)cc1F. The summed E-state index contributed by atoms with van der Waals surface area (Å²) in [6.45, 7) is 10.8. The molecule has 1 aromatic rings. The summed E-state index contributed by atoms with van der Waals surface area (Å²) >= 11 is 0. The first-order valence-corrected chi connectivity index (χ1v) is 12.4. The van der Waals surface area contributed by atoms with Crippen LogP contribution in [-0.4, -0.2) is 41.1 Å². The highest BCUT2D eigenvalue weighted by atomic mass is 19.1. The second-order valence-corrected chi connectivity index (χ2v) is 9.03. The van der Waals surface area contributed by atoms with Gasteiger partial charge < -0.3 is 9.80 Å². The highest BCUT2D eigenvalue weighted by molar-refractivity contribution is 6.43. The molecular formula is C28H38FN3O. The molecule has 4 nitrogen and oxygen atoms in total. The minimum Gasteiger partial charge on any atom is -0.335 e. The number of carbonyl (C=O) groups excluding carboxylic acids is 1. The minimum atomic E-state index is -0.208. The van der Waals surface area contributed by atoms with Crippen molar-refractivity contribution in [3.8, 4) is 0 Å². The Labute approximate surface area is 198 Å². The van der Waals surface area contributed by atoms with Gasteiger partial charge >= 0.3 is 0 Å². The molecule has 0 spiro atoms. The molecule has 1 aliphatic heterocycles. The Bertz CT molecular complexity index is 1000. The van der Waals surface area contributed by atoms with Crippen LogP contribution in [0.4, 0.5) is 4.39 Å². The Morgan fingerprint density at radius 1 is 1.30 bits per heavy atom. The number of allylic oxidation sites excluding steroid dienone is 4. The fraction of sp³-hybridized carbons (Fsp3) is 0.500. The summed E-state index contributed by atoms with van der Waals surface area (Å²) < 4.78 is 15.0. The number of halogens is 1. The van der Waals surface area contributed by atoms with Gasteiger partial charge in [-0.15, -0.1) is 0 Å². The second kappa shape index (κ2) is 11.0. The summed E-state index contributed by atoms with van der Waals surface area (Å²) in [5.41, 5.74) is 3.86. The highest BCUT2D eigenvalue weighted by Gasteiger charge is 2.27. The van der Waals surface area contributed by atoms with Crippen molar-refractivity contribution in [2.45, 2.75) is 78.7 Å². The maximum atomic E-state index is 15.0. The summed E-state index contributed by atoms with van der Waals surface area (Å²) in [6, 6.07) is 5.73. The van der Waals surface area contributed by atoms with E-state index >= 15 is 0 Å². The normalized spacial score (nSPS) is 18.8. The summed E-state index contributed by atoms with van der Waals surface area (Å²) in [6.07, 6.45) is 10.7. The molecule has 1 unspecified atom stereocenters. The number of benzene rings is 1. The minimum absolute atomic E-state index is 0.0506. The van der Waals surface area contributed by atoms with Gasteiger partial charge in [0.25, 0.3) is 5.91 Å². The molecule has 2 aliphatic rings. The Kier molecular flexibility index (Phi) is 8.28. The Hall–Kier alpha value is -2.69. The third-order valence-electron chi connectivity index (χ3n) is 6.68. The van der Waals surface area contributed by atoms with Crippen LogP contribution in [0.1, 0.15) is 83.8 Å². The topological polar surface area (TPSA) is 35.9 Å². The molecule has 1 atom stereocenters. The van der Waals surface area contributed by atoms with Crippen molar-refractivity contribution in [3.63, 3.8) is 0 Å². The fourth-order valence-electron chi connectivity index (χ4n) is 4.48. The van der Waals surface area contributed by atoms with Crippen molar-refractivity contribution in [3.05, 3.63) is 64.9 Å². The van der Waals surface area contributed by atoms with E-state index in [0.29, 0.717) is 29.6 Å². The second-order valence-electron chi connectivity index (χ2n) is 9.03. The zero-order valence-electron chi connectivity index (χ0n) is 21.0. The summed E-state index contributed by atoms with van der Waals surface area (Å²) in [7, 11) is 1.95. The average Bonchev–Trinajstić information content (AvgIpc) is 3.65. The van der Waals surface area contributed by atoms with Crippen LogP contribution in [0.15, 0.2) is 52.9 Å². The maximum Gasteiger partial charge on any atom is 0.272 e. The number of amides is 1. The fourth-order valence-corrected chi connectivity index (χ4v) is 4.48. The van der Waals surface area contributed by atoms with Crippen molar-refractivity contribution >= 4 is 17.2 Å². The molecule has 0 bridgehead atoms. The molecule has 0 aromatic heterocycles. The van der Waals surface area contributed by atoms with Crippen molar-refractivity contribution < 1.29 is 9.18 Å². The van der Waals surface area contributed by atoms with E-state index in [2.05, 4.69) is 20.8 Å². The summed E-state index contributed by atoms with van der Waals surface area (Å²) in [4.78, 5) is 22.0. The zero-order valence-corrected chi connectivity index (χ0v) is 21.0. The monoisotopic (exact) mass is 451 g/mol. The Morgan fingerprint density at radius 2 is 2.03 bits per heavy atom. The molecule has 1 aliphatic carbocycles. The lowest BCUT2D eigenvalue weighted by Gasteiger charge is -2.31. The molecule has 178 valence electrons. The van der Waals surface area contributed by atoms with E-state index < -0.39 is 0 Å². The molecule has 1 amide bonds. The van der Waals surface area contributed by atoms with Crippen LogP contribution in [0.25, 0.3) is 5.57 Å². The van der Waals surface area contributed by atoms with Crippen LogP contribution in [0, 0.1) is 5.82 Å². The average molecular weight is 452 g/mol. The molecule has 1 fully saturated rings. The molecule has 33 heavy (non-hydrogen) atoms. The molecule has 1 saturated carbocycles. The maximum absolute atomic E-state index is 15.0. The standard InChI is InChI=1S/C28H38FN3O/c1-7-11-19(5)32(10-4)28(33)26-18-23(9-3)31(6)27(30-26)17-20(8-2)24-15-14-22(16-25(24)29)21-12-13-21/h8,14-19,21H,7,9-13H2,1-6H3/b20-8+,27-17-. The zero-order chi connectivity index (χ0) is 24.1. The molecule has 3 rings (SSSR count). The van der Waals surface area contributed by atoms with Crippen molar-refractivity contribution in [1.29, 1.82) is 0 Å². The predicted molar refractivity (Wildman–Crippen MR) is 135 cm³/mol. The molecule has 0 radical (unpaired) electrons. The first-order valence-electron chi connectivity index (χ1n) is 12.4. The summed E-state index contributed by atoms with van der Waals surface area (Å²) in [5.74, 6) is 0.901. The Morgan fingerprint density at radius 3 is 2.58 bits per heavy atom. The lowest BCUT2D eigenvalue weighted by atomic mass is 10.0. The smallest absolute Gasteiger partial charge is 0.272 e. The number of nitrogens with zero attached hydrogens (tertiary/aromatic N) is 3. The molecular weight excluding hydrogens is 413 g/mol. The van der Waals surface area contributed by atoms with Crippen LogP contribution in [0.5, 0.6) is 0 Å². The van der Waals surface area contributed by atoms with Gasteiger partial charge in [-0.25, -0.2) is 9.38 Å². The van der Waals surface area contributed by atoms with E-state index in [1.807, 2.05) is 61.1 Å². The van der Waals surface area contributed by atoms with Gasteiger partial charge in [0.15, 0.2) is 0 Å². The number of hydrogen-bond donors (Lipinski definition) is 0. The quantitative estimate of drug-likeness (QED) is 0.421. The van der Waals surface area contributed by atoms with Gasteiger partial charge in [-0.2, -0.15) is 0 Å². The van der Waals surface area contributed by atoms with Crippen LogP contribution in [0.2, 0.25) is 0 Å². The third-order valence-corrected chi connectivity index (χ3v) is 6.68. The van der Waals surface area contributed by atoms with Gasteiger partial charge in [0.05, 0.1) is 0 Å². The lowest BCUT2D eigenvalue weighted by Crippen LogP contribution is -2.43. The first kappa shape index (κ1) is 24.9. The number of carbonyl (C=O) groups is 1. The molecule has 1 aromatic carbocycles. The van der Waals surface area contributed by atoms with Gasteiger partial charge in [-0.3, -0.25) is 4.79 Å². The number of hydrogen-bond acceptors (Lipinski definition) is 3. The van der Waals surface area contributed by atoms with E-state index in [0.717, 1.165) is 48.9 Å². The molecule has 1 heterocycles. The van der Waals surface area contributed by atoms with Crippen LogP contribution < -0.4 is 0 Å². The van der Waals surface area contributed by atoms with E-state index in [9.17, 15) is 9.18 Å².